The molecule has 1 heterocycles. The molecule has 2 aromatic rings. The largest absolute Gasteiger partial charge is 0.480 e. The van der Waals surface area contributed by atoms with E-state index < -0.39 is 18.1 Å². The molecule has 0 radical (unpaired) electrons. The number of benzene rings is 2. The smallest absolute Gasteiger partial charge is 0.408 e. The number of carbonyl (C=O) groups is 2. The third-order valence-corrected chi connectivity index (χ3v) is 4.79. The van der Waals surface area contributed by atoms with Gasteiger partial charge in [0.1, 0.15) is 17.5 Å². The summed E-state index contributed by atoms with van der Waals surface area (Å²) in [6.45, 7) is 6.46. The maximum Gasteiger partial charge on any atom is 0.408 e. The van der Waals surface area contributed by atoms with Crippen molar-refractivity contribution < 1.29 is 24.5 Å². The molecule has 0 aromatic heterocycles. The van der Waals surface area contributed by atoms with E-state index in [4.69, 9.17) is 4.74 Å². The van der Waals surface area contributed by atoms with E-state index in [0.29, 0.717) is 11.5 Å². The molecule has 1 atom stereocenters. The number of carboxylic acid groups (broad SMARTS) is 2. The molecule has 27 heavy (non-hydrogen) atoms. The quantitative estimate of drug-likeness (QED) is 0.844. The number of aliphatic carboxylic acids is 1. The first kappa shape index (κ1) is 18.8. The van der Waals surface area contributed by atoms with Gasteiger partial charge in [-0.15, -0.1) is 0 Å². The molecule has 1 aliphatic rings. The zero-order valence-electron chi connectivity index (χ0n) is 15.6. The van der Waals surface area contributed by atoms with E-state index >= 15 is 0 Å². The first-order valence-electron chi connectivity index (χ1n) is 8.78. The number of carboxylic acids is 1. The topological polar surface area (TPSA) is 87.1 Å². The van der Waals surface area contributed by atoms with E-state index in [2.05, 4.69) is 20.8 Å². The van der Waals surface area contributed by atoms with Gasteiger partial charge in [0.15, 0.2) is 0 Å². The van der Waals surface area contributed by atoms with Gasteiger partial charge in [-0.1, -0.05) is 39.0 Å². The summed E-state index contributed by atoms with van der Waals surface area (Å²) >= 11 is 0. The molecule has 1 aliphatic heterocycles. The van der Waals surface area contributed by atoms with Crippen LogP contribution < -0.4 is 4.74 Å². The van der Waals surface area contributed by atoms with Gasteiger partial charge in [0.25, 0.3) is 0 Å². The van der Waals surface area contributed by atoms with Gasteiger partial charge in [-0.2, -0.15) is 0 Å². The fourth-order valence-electron chi connectivity index (χ4n) is 3.20. The predicted molar refractivity (Wildman–Crippen MR) is 100 cm³/mol. The minimum atomic E-state index is -1.24. The summed E-state index contributed by atoms with van der Waals surface area (Å²) < 4.78 is 5.90. The molecule has 6 heteroatoms. The minimum Gasteiger partial charge on any atom is -0.480 e. The van der Waals surface area contributed by atoms with Gasteiger partial charge in [-0.3, -0.25) is 4.90 Å². The average molecular weight is 369 g/mol. The van der Waals surface area contributed by atoms with Crippen molar-refractivity contribution in [1.29, 1.82) is 0 Å². The summed E-state index contributed by atoms with van der Waals surface area (Å²) in [7, 11) is 0. The fourth-order valence-corrected chi connectivity index (χ4v) is 3.20. The van der Waals surface area contributed by atoms with Crippen molar-refractivity contribution in [1.82, 2.24) is 4.90 Å². The second kappa shape index (κ2) is 6.95. The first-order chi connectivity index (χ1) is 12.6. The normalized spacial score (nSPS) is 16.6. The van der Waals surface area contributed by atoms with Gasteiger partial charge in [-0.05, 0) is 46.4 Å². The van der Waals surface area contributed by atoms with E-state index in [9.17, 15) is 19.8 Å². The van der Waals surface area contributed by atoms with E-state index in [-0.39, 0.29) is 18.4 Å². The van der Waals surface area contributed by atoms with Gasteiger partial charge in [-0.25, -0.2) is 9.59 Å². The Hall–Kier alpha value is -3.02. The molecule has 0 bridgehead atoms. The highest BCUT2D eigenvalue weighted by molar-refractivity contribution is 5.80. The molecular formula is C21H23NO5. The van der Waals surface area contributed by atoms with Crippen molar-refractivity contribution in [2.45, 2.75) is 45.2 Å². The highest BCUT2D eigenvalue weighted by Crippen LogP contribution is 2.31. The Morgan fingerprint density at radius 3 is 2.19 bits per heavy atom. The molecule has 0 aliphatic carbocycles. The van der Waals surface area contributed by atoms with Crippen LogP contribution in [0.3, 0.4) is 0 Å². The Bertz CT molecular complexity index is 867. The molecule has 2 aromatic carbocycles. The van der Waals surface area contributed by atoms with Crippen molar-refractivity contribution >= 4 is 12.1 Å². The third kappa shape index (κ3) is 4.05. The highest BCUT2D eigenvalue weighted by atomic mass is 16.5. The number of hydrogen-bond donors (Lipinski definition) is 2. The van der Waals surface area contributed by atoms with Crippen molar-refractivity contribution in [3.63, 3.8) is 0 Å². The molecule has 6 nitrogen and oxygen atoms in total. The van der Waals surface area contributed by atoms with Crippen LogP contribution in [-0.2, 0) is 23.2 Å². The molecule has 142 valence electrons. The Labute approximate surface area is 158 Å². The summed E-state index contributed by atoms with van der Waals surface area (Å²) in [5.74, 6) is 0.149. The van der Waals surface area contributed by atoms with E-state index in [1.54, 1.807) is 12.1 Å². The van der Waals surface area contributed by atoms with Crippen LogP contribution in [0.25, 0.3) is 0 Å². The van der Waals surface area contributed by atoms with Crippen molar-refractivity contribution in [2.75, 3.05) is 0 Å². The number of amides is 1. The Kier molecular flexibility index (Phi) is 4.83. The van der Waals surface area contributed by atoms with Crippen molar-refractivity contribution in [2.24, 2.45) is 0 Å². The van der Waals surface area contributed by atoms with Crippen LogP contribution in [0, 0.1) is 0 Å². The van der Waals surface area contributed by atoms with Crippen molar-refractivity contribution in [3.05, 3.63) is 59.2 Å². The number of hydrogen-bond acceptors (Lipinski definition) is 3. The van der Waals surface area contributed by atoms with Crippen LogP contribution in [0.2, 0.25) is 0 Å². The van der Waals surface area contributed by atoms with Crippen LogP contribution in [0.5, 0.6) is 11.5 Å². The van der Waals surface area contributed by atoms with Gasteiger partial charge >= 0.3 is 12.1 Å². The molecule has 0 unspecified atom stereocenters. The summed E-state index contributed by atoms with van der Waals surface area (Å²) in [5.41, 5.74) is 2.86. The SMILES string of the molecule is CC(C)(C)c1ccc(Oc2ccc3c(c2)CN(C(=O)O)[C@H](C(=O)O)C3)cc1. The molecule has 0 spiro atoms. The van der Waals surface area contributed by atoms with Crippen LogP contribution in [-0.4, -0.2) is 33.2 Å². The van der Waals surface area contributed by atoms with Crippen LogP contribution in [0.4, 0.5) is 4.79 Å². The summed E-state index contributed by atoms with van der Waals surface area (Å²) in [6, 6.07) is 12.2. The van der Waals surface area contributed by atoms with Crippen LogP contribution >= 0.6 is 0 Å². The lowest BCUT2D eigenvalue weighted by Gasteiger charge is -2.32. The Morgan fingerprint density at radius 2 is 1.63 bits per heavy atom. The predicted octanol–water partition coefficient (Wildman–Crippen LogP) is 4.27. The zero-order chi connectivity index (χ0) is 19.8. The lowest BCUT2D eigenvalue weighted by atomic mass is 9.87. The molecule has 0 fully saturated rings. The zero-order valence-corrected chi connectivity index (χ0v) is 15.6. The fraction of sp³-hybridized carbons (Fsp3) is 0.333. The van der Waals surface area contributed by atoms with Crippen LogP contribution in [0.1, 0.15) is 37.5 Å². The number of fused-ring (bicyclic) bond motifs is 1. The molecule has 0 saturated carbocycles. The second-order valence-electron chi connectivity index (χ2n) is 7.78. The first-order valence-corrected chi connectivity index (χ1v) is 8.78. The summed E-state index contributed by atoms with van der Waals surface area (Å²) in [6.07, 6.45) is -1.09. The highest BCUT2D eigenvalue weighted by Gasteiger charge is 2.34. The van der Waals surface area contributed by atoms with Crippen molar-refractivity contribution in [3.8, 4) is 11.5 Å². The lowest BCUT2D eigenvalue weighted by molar-refractivity contribution is -0.143. The number of nitrogens with zero attached hydrogens (tertiary/aromatic N) is 1. The molecular weight excluding hydrogens is 346 g/mol. The monoisotopic (exact) mass is 369 g/mol. The number of rotatable bonds is 3. The van der Waals surface area contributed by atoms with Gasteiger partial charge < -0.3 is 14.9 Å². The number of ether oxygens (including phenoxy) is 1. The molecule has 3 rings (SSSR count). The van der Waals surface area contributed by atoms with Crippen LogP contribution in [0.15, 0.2) is 42.5 Å². The second-order valence-corrected chi connectivity index (χ2v) is 7.78. The van der Waals surface area contributed by atoms with E-state index in [1.807, 2.05) is 30.3 Å². The van der Waals surface area contributed by atoms with E-state index in [0.717, 1.165) is 16.0 Å². The molecule has 0 saturated heterocycles. The van der Waals surface area contributed by atoms with E-state index in [1.165, 1.54) is 5.56 Å². The average Bonchev–Trinajstić information content (AvgIpc) is 2.60. The van der Waals surface area contributed by atoms with Gasteiger partial charge in [0, 0.05) is 6.42 Å². The summed E-state index contributed by atoms with van der Waals surface area (Å²) in [4.78, 5) is 23.7. The van der Waals surface area contributed by atoms with Gasteiger partial charge in [0.2, 0.25) is 0 Å². The standard InChI is InChI=1S/C21H23NO5/c1-21(2,3)15-5-8-16(9-6-15)27-17-7-4-13-11-18(19(23)24)22(20(25)26)12-14(13)10-17/h4-10,18H,11-12H2,1-3H3,(H,23,24)(H,25,26)/t18-/m0/s1. The minimum absolute atomic E-state index is 0.0296. The summed E-state index contributed by atoms with van der Waals surface area (Å²) in [5, 5.41) is 18.6. The lowest BCUT2D eigenvalue weighted by Crippen LogP contribution is -2.48. The maximum absolute atomic E-state index is 11.4. The Balaban J connectivity index is 1.81. The third-order valence-electron chi connectivity index (χ3n) is 4.79. The maximum atomic E-state index is 11.4. The Morgan fingerprint density at radius 1 is 1.00 bits per heavy atom. The van der Waals surface area contributed by atoms with Gasteiger partial charge in [0.05, 0.1) is 6.54 Å². The molecule has 2 N–H and O–H groups in total. The molecule has 1 amide bonds.